The van der Waals surface area contributed by atoms with E-state index in [1.54, 1.807) is 21.3 Å². The summed E-state index contributed by atoms with van der Waals surface area (Å²) in [7, 11) is 4.90. The topological polar surface area (TPSA) is 93.1 Å². The Labute approximate surface area is 250 Å². The monoisotopic (exact) mass is 591 g/mol. The fourth-order valence-corrected chi connectivity index (χ4v) is 5.77. The molecule has 0 spiro atoms. The van der Waals surface area contributed by atoms with E-state index in [4.69, 9.17) is 28.7 Å². The summed E-state index contributed by atoms with van der Waals surface area (Å²) in [6.07, 6.45) is 2.81. The van der Waals surface area contributed by atoms with Crippen LogP contribution in [0.5, 0.6) is 23.0 Å². The van der Waals surface area contributed by atoms with Crippen LogP contribution in [0.2, 0.25) is 0 Å². The van der Waals surface area contributed by atoms with E-state index < -0.39 is 0 Å². The lowest BCUT2D eigenvalue weighted by Gasteiger charge is -2.13. The van der Waals surface area contributed by atoms with Gasteiger partial charge in [0.1, 0.15) is 23.1 Å². The number of amides is 1. The molecule has 4 aromatic rings. The Morgan fingerprint density at radius 3 is 2.55 bits per heavy atom. The first-order valence-electron chi connectivity index (χ1n) is 14.0. The number of aromatic nitrogens is 2. The third-order valence-corrected chi connectivity index (χ3v) is 8.26. The Morgan fingerprint density at radius 2 is 1.83 bits per heavy atom. The highest BCUT2D eigenvalue weighted by atomic mass is 32.1. The van der Waals surface area contributed by atoms with E-state index >= 15 is 0 Å². The van der Waals surface area contributed by atoms with Crippen molar-refractivity contribution in [2.24, 2.45) is 0 Å². The van der Waals surface area contributed by atoms with E-state index in [2.05, 4.69) is 9.88 Å². The summed E-state index contributed by atoms with van der Waals surface area (Å²) in [6.45, 7) is 4.25. The number of benzene rings is 2. The molecule has 0 aliphatic carbocycles. The van der Waals surface area contributed by atoms with Crippen molar-refractivity contribution in [3.05, 3.63) is 75.7 Å². The Bertz CT molecular complexity index is 1490. The van der Waals surface area contributed by atoms with Crippen molar-refractivity contribution < 1.29 is 28.5 Å². The molecule has 0 bridgehead atoms. The van der Waals surface area contributed by atoms with Crippen LogP contribution < -0.4 is 24.3 Å². The lowest BCUT2D eigenvalue weighted by atomic mass is 10.1. The van der Waals surface area contributed by atoms with Gasteiger partial charge in [-0.25, -0.2) is 4.98 Å². The average molecular weight is 592 g/mol. The smallest absolute Gasteiger partial charge is 0.253 e. The number of nitrogens with zero attached hydrogens (tertiary/aromatic N) is 2. The number of carbonyl (C=O) groups is 1. The summed E-state index contributed by atoms with van der Waals surface area (Å²) in [5.74, 6) is 2.80. The molecule has 2 aromatic heterocycles. The second-order valence-corrected chi connectivity index (χ2v) is 11.0. The van der Waals surface area contributed by atoms with Gasteiger partial charge in [0.05, 0.1) is 44.4 Å². The molecule has 1 aliphatic rings. The largest absolute Gasteiger partial charge is 0.497 e. The molecule has 0 radical (unpaired) electrons. The molecule has 1 fully saturated rings. The minimum atomic E-state index is -0.104. The zero-order chi connectivity index (χ0) is 29.5. The Kier molecular flexibility index (Phi) is 9.66. The van der Waals surface area contributed by atoms with Crippen LogP contribution in [0.25, 0.3) is 11.4 Å². The highest BCUT2D eigenvalue weighted by Crippen LogP contribution is 2.31. The van der Waals surface area contributed by atoms with E-state index in [1.165, 1.54) is 11.3 Å². The van der Waals surface area contributed by atoms with E-state index in [1.807, 2.05) is 60.8 Å². The Balaban J connectivity index is 1.36. The average Bonchev–Trinajstić information content (AvgIpc) is 3.79. The van der Waals surface area contributed by atoms with Crippen molar-refractivity contribution in [3.63, 3.8) is 0 Å². The zero-order valence-corrected chi connectivity index (χ0v) is 25.3. The third-order valence-electron chi connectivity index (χ3n) is 7.43. The molecular formula is C32H37N3O6S. The minimum absolute atomic E-state index is 0.0765. The zero-order valence-electron chi connectivity index (χ0n) is 24.5. The maximum atomic E-state index is 13.3. The van der Waals surface area contributed by atoms with Gasteiger partial charge < -0.3 is 33.6 Å². The normalized spacial score (nSPS) is 14.5. The van der Waals surface area contributed by atoms with Crippen molar-refractivity contribution in [2.45, 2.75) is 45.4 Å². The number of aryl methyl sites for hydroxylation is 1. The summed E-state index contributed by atoms with van der Waals surface area (Å²) in [5.41, 5.74) is 4.32. The molecule has 1 amide bonds. The molecule has 1 unspecified atom stereocenters. The maximum absolute atomic E-state index is 13.3. The molecule has 2 aromatic carbocycles. The summed E-state index contributed by atoms with van der Waals surface area (Å²) >= 11 is 1.53. The number of rotatable bonds is 13. The second-order valence-electron chi connectivity index (χ2n) is 10.1. The van der Waals surface area contributed by atoms with Crippen LogP contribution in [0.4, 0.5) is 0 Å². The molecule has 3 heterocycles. The molecule has 9 nitrogen and oxygen atoms in total. The second kappa shape index (κ2) is 13.8. The fraction of sp³-hybridized carbons (Fsp3) is 0.375. The number of hydrogen-bond acceptors (Lipinski definition) is 8. The minimum Gasteiger partial charge on any atom is -0.497 e. The fourth-order valence-electron chi connectivity index (χ4n) is 5.07. The van der Waals surface area contributed by atoms with E-state index in [-0.39, 0.29) is 12.0 Å². The van der Waals surface area contributed by atoms with Crippen LogP contribution in [0.1, 0.15) is 39.5 Å². The van der Waals surface area contributed by atoms with Gasteiger partial charge in [-0.3, -0.25) is 4.79 Å². The van der Waals surface area contributed by atoms with Gasteiger partial charge in [0, 0.05) is 30.8 Å². The maximum Gasteiger partial charge on any atom is 0.253 e. The summed E-state index contributed by atoms with van der Waals surface area (Å²) in [5, 5.41) is 5.93. The van der Waals surface area contributed by atoms with Crippen molar-refractivity contribution in [1.82, 2.24) is 14.9 Å². The number of methoxy groups -OCH3 is 3. The predicted molar refractivity (Wildman–Crippen MR) is 162 cm³/mol. The molecule has 1 aliphatic heterocycles. The number of hydrogen-bond donors (Lipinski definition) is 1. The number of thiazole rings is 1. The van der Waals surface area contributed by atoms with Gasteiger partial charge in [0.15, 0.2) is 11.5 Å². The highest BCUT2D eigenvalue weighted by Gasteiger charge is 2.22. The van der Waals surface area contributed by atoms with Crippen molar-refractivity contribution in [1.29, 1.82) is 0 Å². The molecule has 1 atom stereocenters. The molecular weight excluding hydrogens is 554 g/mol. The lowest BCUT2D eigenvalue weighted by Crippen LogP contribution is -2.32. The van der Waals surface area contributed by atoms with Gasteiger partial charge in [-0.2, -0.15) is 0 Å². The Hall–Kier alpha value is -4.02. The summed E-state index contributed by atoms with van der Waals surface area (Å²) in [6, 6.07) is 15.4. The Morgan fingerprint density at radius 1 is 1.05 bits per heavy atom. The molecule has 42 heavy (non-hydrogen) atoms. The highest BCUT2D eigenvalue weighted by molar-refractivity contribution is 7.09. The quantitative estimate of drug-likeness (QED) is 0.214. The lowest BCUT2D eigenvalue weighted by molar-refractivity contribution is 0.0857. The van der Waals surface area contributed by atoms with Gasteiger partial charge in [0.25, 0.3) is 5.91 Å². The standard InChI is InChI=1S/C32H37N3O6S/c1-21-26(32(36)33-18-25-6-5-15-40-25)17-28(35(21)14-13-22-7-12-29(38-3)30(16-22)39-4)27-20-42-31(34-27)19-41-24-10-8-23(37-2)9-11-24/h7-12,16-17,20,25H,5-6,13-15,18-19H2,1-4H3,(H,33,36). The molecule has 0 saturated carbocycles. The first kappa shape index (κ1) is 29.5. The summed E-state index contributed by atoms with van der Waals surface area (Å²) < 4.78 is 29.9. The van der Waals surface area contributed by atoms with E-state index in [0.29, 0.717) is 36.8 Å². The predicted octanol–water partition coefficient (Wildman–Crippen LogP) is 5.68. The SMILES string of the molecule is COc1ccc(OCc2nc(-c3cc(C(=O)NCC4CCCO4)c(C)n3CCc3ccc(OC)c(OC)c3)cs2)cc1. The van der Waals surface area contributed by atoms with Crippen LogP contribution in [0, 0.1) is 6.92 Å². The molecule has 1 saturated heterocycles. The summed E-state index contributed by atoms with van der Waals surface area (Å²) in [4.78, 5) is 18.2. The molecule has 222 valence electrons. The van der Waals surface area contributed by atoms with Gasteiger partial charge in [-0.1, -0.05) is 6.07 Å². The number of nitrogens with one attached hydrogen (secondary N) is 1. The van der Waals surface area contributed by atoms with Crippen molar-refractivity contribution in [3.8, 4) is 34.4 Å². The van der Waals surface area contributed by atoms with Gasteiger partial charge in [-0.15, -0.1) is 11.3 Å². The van der Waals surface area contributed by atoms with E-state index in [0.717, 1.165) is 65.0 Å². The van der Waals surface area contributed by atoms with Crippen molar-refractivity contribution in [2.75, 3.05) is 34.5 Å². The van der Waals surface area contributed by atoms with Crippen LogP contribution in [-0.2, 0) is 24.3 Å². The third kappa shape index (κ3) is 6.88. The van der Waals surface area contributed by atoms with Crippen LogP contribution in [0.15, 0.2) is 53.9 Å². The van der Waals surface area contributed by atoms with Crippen LogP contribution >= 0.6 is 11.3 Å². The van der Waals surface area contributed by atoms with Crippen molar-refractivity contribution >= 4 is 17.2 Å². The van der Waals surface area contributed by atoms with Gasteiger partial charge in [-0.05, 0) is 74.2 Å². The van der Waals surface area contributed by atoms with E-state index in [9.17, 15) is 4.79 Å². The number of ether oxygens (including phenoxy) is 5. The molecule has 1 N–H and O–H groups in total. The number of carbonyl (C=O) groups excluding carboxylic acids is 1. The van der Waals surface area contributed by atoms with Crippen LogP contribution in [-0.4, -0.2) is 56.0 Å². The molecule has 5 rings (SSSR count). The van der Waals surface area contributed by atoms with Gasteiger partial charge >= 0.3 is 0 Å². The van der Waals surface area contributed by atoms with Gasteiger partial charge in [0.2, 0.25) is 0 Å². The first-order chi connectivity index (χ1) is 20.5. The van der Waals surface area contributed by atoms with Crippen LogP contribution in [0.3, 0.4) is 0 Å². The molecule has 10 heteroatoms. The first-order valence-corrected chi connectivity index (χ1v) is 14.9.